The third kappa shape index (κ3) is 4.41. The summed E-state index contributed by atoms with van der Waals surface area (Å²) in [6.07, 6.45) is -3.76. The lowest BCUT2D eigenvalue weighted by Crippen LogP contribution is -2.20. The van der Waals surface area contributed by atoms with Crippen molar-refractivity contribution in [1.82, 2.24) is 0 Å². The fourth-order valence-corrected chi connectivity index (χ4v) is 1.69. The van der Waals surface area contributed by atoms with Gasteiger partial charge in [0.05, 0.1) is 12.5 Å². The SMILES string of the molecule is O=C(Oc1ccc(OCC(F)(F)F)cc1)[C@@H]1CCOC1. The van der Waals surface area contributed by atoms with Crippen molar-refractivity contribution >= 4 is 5.97 Å². The van der Waals surface area contributed by atoms with Crippen LogP contribution in [-0.2, 0) is 9.53 Å². The summed E-state index contributed by atoms with van der Waals surface area (Å²) in [5.41, 5.74) is 0. The van der Waals surface area contributed by atoms with E-state index in [9.17, 15) is 18.0 Å². The summed E-state index contributed by atoms with van der Waals surface area (Å²) >= 11 is 0. The molecule has 1 saturated heterocycles. The maximum atomic E-state index is 12.0. The Morgan fingerprint density at radius 1 is 1.25 bits per heavy atom. The summed E-state index contributed by atoms with van der Waals surface area (Å²) in [6.45, 7) is -0.485. The Balaban J connectivity index is 1.86. The first-order valence-electron chi connectivity index (χ1n) is 6.03. The van der Waals surface area contributed by atoms with Crippen molar-refractivity contribution in [1.29, 1.82) is 0 Å². The number of hydrogen-bond donors (Lipinski definition) is 0. The van der Waals surface area contributed by atoms with E-state index in [-0.39, 0.29) is 17.4 Å². The van der Waals surface area contributed by atoms with Crippen molar-refractivity contribution in [2.24, 2.45) is 5.92 Å². The molecule has 2 rings (SSSR count). The van der Waals surface area contributed by atoms with E-state index in [4.69, 9.17) is 9.47 Å². The Kier molecular flexibility index (Phi) is 4.49. The van der Waals surface area contributed by atoms with Crippen molar-refractivity contribution in [3.63, 3.8) is 0 Å². The van der Waals surface area contributed by atoms with Gasteiger partial charge >= 0.3 is 12.1 Å². The molecule has 0 aliphatic carbocycles. The third-order valence-corrected chi connectivity index (χ3v) is 2.71. The number of esters is 1. The van der Waals surface area contributed by atoms with Gasteiger partial charge in [-0.1, -0.05) is 0 Å². The van der Waals surface area contributed by atoms with Crippen LogP contribution in [0.25, 0.3) is 0 Å². The number of rotatable bonds is 4. The van der Waals surface area contributed by atoms with Crippen molar-refractivity contribution in [3.05, 3.63) is 24.3 Å². The van der Waals surface area contributed by atoms with Gasteiger partial charge in [-0.15, -0.1) is 0 Å². The number of halogens is 3. The number of alkyl halides is 3. The van der Waals surface area contributed by atoms with Crippen LogP contribution in [0.15, 0.2) is 24.3 Å². The van der Waals surface area contributed by atoms with Gasteiger partial charge in [0.1, 0.15) is 11.5 Å². The predicted molar refractivity (Wildman–Crippen MR) is 62.6 cm³/mol. The fraction of sp³-hybridized carbons (Fsp3) is 0.462. The molecule has 1 atom stereocenters. The molecule has 0 radical (unpaired) electrons. The monoisotopic (exact) mass is 290 g/mol. The Labute approximate surface area is 113 Å². The molecule has 1 aliphatic heterocycles. The van der Waals surface area contributed by atoms with Gasteiger partial charge in [-0.25, -0.2) is 0 Å². The minimum atomic E-state index is -4.38. The highest BCUT2D eigenvalue weighted by Crippen LogP contribution is 2.22. The minimum Gasteiger partial charge on any atom is -0.484 e. The van der Waals surface area contributed by atoms with E-state index in [2.05, 4.69) is 4.74 Å². The van der Waals surface area contributed by atoms with Gasteiger partial charge in [-0.3, -0.25) is 4.79 Å². The highest BCUT2D eigenvalue weighted by atomic mass is 19.4. The molecule has 0 aromatic heterocycles. The Morgan fingerprint density at radius 2 is 1.90 bits per heavy atom. The molecule has 0 bridgehead atoms. The molecule has 110 valence electrons. The lowest BCUT2D eigenvalue weighted by molar-refractivity contribution is -0.153. The number of carbonyl (C=O) groups is 1. The van der Waals surface area contributed by atoms with E-state index in [1.165, 1.54) is 24.3 Å². The normalized spacial score (nSPS) is 18.9. The van der Waals surface area contributed by atoms with Crippen molar-refractivity contribution in [3.8, 4) is 11.5 Å². The van der Waals surface area contributed by atoms with Crippen LogP contribution in [-0.4, -0.2) is 32.0 Å². The molecule has 0 saturated carbocycles. The largest absolute Gasteiger partial charge is 0.484 e. The summed E-state index contributed by atoms with van der Waals surface area (Å²) in [5.74, 6) is -0.352. The first-order chi connectivity index (χ1) is 9.44. The van der Waals surface area contributed by atoms with Gasteiger partial charge in [-0.2, -0.15) is 13.2 Å². The molecule has 1 aromatic rings. The summed E-state index contributed by atoms with van der Waals surface area (Å²) in [4.78, 5) is 11.7. The van der Waals surface area contributed by atoms with Crippen LogP contribution in [0, 0.1) is 5.92 Å². The average molecular weight is 290 g/mol. The van der Waals surface area contributed by atoms with Gasteiger partial charge in [0.2, 0.25) is 0 Å². The minimum absolute atomic E-state index is 0.0614. The predicted octanol–water partition coefficient (Wildman–Crippen LogP) is 2.57. The van der Waals surface area contributed by atoms with E-state index in [1.54, 1.807) is 0 Å². The molecule has 1 aromatic carbocycles. The zero-order valence-corrected chi connectivity index (χ0v) is 10.5. The first-order valence-corrected chi connectivity index (χ1v) is 6.03. The number of benzene rings is 1. The van der Waals surface area contributed by atoms with E-state index in [0.717, 1.165) is 0 Å². The van der Waals surface area contributed by atoms with Crippen molar-refractivity contribution < 1.29 is 32.2 Å². The average Bonchev–Trinajstić information content (AvgIpc) is 2.91. The summed E-state index contributed by atoms with van der Waals surface area (Å²) in [7, 11) is 0. The second-order valence-electron chi connectivity index (χ2n) is 4.36. The van der Waals surface area contributed by atoms with Gasteiger partial charge in [0.15, 0.2) is 6.61 Å². The Bertz CT molecular complexity index is 450. The van der Waals surface area contributed by atoms with Crippen molar-refractivity contribution in [2.45, 2.75) is 12.6 Å². The molecule has 4 nitrogen and oxygen atoms in total. The zero-order chi connectivity index (χ0) is 14.6. The van der Waals surface area contributed by atoms with E-state index in [1.807, 2.05) is 0 Å². The van der Waals surface area contributed by atoms with Gasteiger partial charge < -0.3 is 14.2 Å². The lowest BCUT2D eigenvalue weighted by atomic mass is 10.1. The van der Waals surface area contributed by atoms with Crippen LogP contribution in [0.3, 0.4) is 0 Å². The van der Waals surface area contributed by atoms with Crippen LogP contribution in [0.4, 0.5) is 13.2 Å². The molecule has 1 aliphatic rings. The van der Waals surface area contributed by atoms with Crippen LogP contribution in [0.5, 0.6) is 11.5 Å². The standard InChI is InChI=1S/C13H13F3O4/c14-13(15,16)8-19-10-1-3-11(4-2-10)20-12(17)9-5-6-18-7-9/h1-4,9H,5-8H2/t9-/m1/s1. The maximum absolute atomic E-state index is 12.0. The number of carbonyl (C=O) groups excluding carboxylic acids is 1. The smallest absolute Gasteiger partial charge is 0.422 e. The molecule has 20 heavy (non-hydrogen) atoms. The van der Waals surface area contributed by atoms with E-state index < -0.39 is 18.8 Å². The molecular formula is C13H13F3O4. The molecule has 0 unspecified atom stereocenters. The summed E-state index contributed by atoms with van der Waals surface area (Å²) < 4.78 is 50.6. The second kappa shape index (κ2) is 6.13. The lowest BCUT2D eigenvalue weighted by Gasteiger charge is -2.10. The molecule has 0 spiro atoms. The third-order valence-electron chi connectivity index (χ3n) is 2.71. The summed E-state index contributed by atoms with van der Waals surface area (Å²) in [5, 5.41) is 0. The van der Waals surface area contributed by atoms with Crippen LogP contribution >= 0.6 is 0 Å². The van der Waals surface area contributed by atoms with Gasteiger partial charge in [0.25, 0.3) is 0 Å². The van der Waals surface area contributed by atoms with Crippen LogP contribution < -0.4 is 9.47 Å². The highest BCUT2D eigenvalue weighted by molar-refractivity contribution is 5.75. The Morgan fingerprint density at radius 3 is 2.45 bits per heavy atom. The van der Waals surface area contributed by atoms with Crippen molar-refractivity contribution in [2.75, 3.05) is 19.8 Å². The van der Waals surface area contributed by atoms with Gasteiger partial charge in [-0.05, 0) is 30.7 Å². The molecule has 1 heterocycles. The second-order valence-corrected chi connectivity index (χ2v) is 4.36. The first kappa shape index (κ1) is 14.6. The molecule has 7 heteroatoms. The number of hydrogen-bond acceptors (Lipinski definition) is 4. The highest BCUT2D eigenvalue weighted by Gasteiger charge is 2.28. The van der Waals surface area contributed by atoms with Crippen LogP contribution in [0.1, 0.15) is 6.42 Å². The maximum Gasteiger partial charge on any atom is 0.422 e. The van der Waals surface area contributed by atoms with Crippen LogP contribution in [0.2, 0.25) is 0 Å². The quantitative estimate of drug-likeness (QED) is 0.631. The number of ether oxygens (including phenoxy) is 3. The molecule has 0 N–H and O–H groups in total. The Hall–Kier alpha value is -1.76. The van der Waals surface area contributed by atoms with E-state index >= 15 is 0 Å². The summed E-state index contributed by atoms with van der Waals surface area (Å²) in [6, 6.07) is 5.41. The zero-order valence-electron chi connectivity index (χ0n) is 10.5. The van der Waals surface area contributed by atoms with E-state index in [0.29, 0.717) is 19.6 Å². The topological polar surface area (TPSA) is 44.8 Å². The fourth-order valence-electron chi connectivity index (χ4n) is 1.69. The molecular weight excluding hydrogens is 277 g/mol. The van der Waals surface area contributed by atoms with Gasteiger partial charge in [0, 0.05) is 6.61 Å². The molecule has 1 fully saturated rings. The molecule has 0 amide bonds.